The molecule has 8 heteroatoms. The molecule has 1 aromatic carbocycles. The van der Waals surface area contributed by atoms with Crippen molar-refractivity contribution in [1.29, 1.82) is 0 Å². The van der Waals surface area contributed by atoms with E-state index in [9.17, 15) is 9.59 Å². The van der Waals surface area contributed by atoms with Crippen molar-refractivity contribution < 1.29 is 9.59 Å². The lowest BCUT2D eigenvalue weighted by molar-refractivity contribution is 0.0918. The zero-order valence-corrected chi connectivity index (χ0v) is 15.3. The summed E-state index contributed by atoms with van der Waals surface area (Å²) in [6.45, 7) is 5.73. The van der Waals surface area contributed by atoms with E-state index in [1.165, 1.54) is 17.3 Å². The number of hydrogen-bond acceptors (Lipinski definition) is 5. The predicted molar refractivity (Wildman–Crippen MR) is 101 cm³/mol. The first-order valence-electron chi connectivity index (χ1n) is 8.37. The van der Waals surface area contributed by atoms with E-state index in [0.29, 0.717) is 22.6 Å². The Hall–Kier alpha value is -3.55. The number of pyridine rings is 1. The van der Waals surface area contributed by atoms with Crippen LogP contribution in [0.15, 0.2) is 55.2 Å². The molecule has 0 aliphatic rings. The topological polar surface area (TPSA) is 102 Å². The predicted octanol–water partition coefficient (Wildman–Crippen LogP) is 2.44. The molecule has 138 valence electrons. The van der Waals surface area contributed by atoms with Crippen molar-refractivity contribution in [3.63, 3.8) is 0 Å². The van der Waals surface area contributed by atoms with E-state index < -0.39 is 0 Å². The zero-order valence-electron chi connectivity index (χ0n) is 15.3. The number of benzene rings is 1. The highest BCUT2D eigenvalue weighted by Crippen LogP contribution is 2.12. The molecule has 2 aromatic heterocycles. The van der Waals surface area contributed by atoms with Crippen molar-refractivity contribution in [2.24, 2.45) is 0 Å². The average Bonchev–Trinajstić information content (AvgIpc) is 3.16. The summed E-state index contributed by atoms with van der Waals surface area (Å²) in [5.41, 5.74) is 1.18. The molecule has 27 heavy (non-hydrogen) atoms. The monoisotopic (exact) mass is 364 g/mol. The summed E-state index contributed by atoms with van der Waals surface area (Å²) < 4.78 is 1.52. The van der Waals surface area contributed by atoms with Gasteiger partial charge in [-0.25, -0.2) is 14.6 Å². The minimum absolute atomic E-state index is 0.178. The Balaban J connectivity index is 1.65. The fourth-order valence-electron chi connectivity index (χ4n) is 2.31. The summed E-state index contributed by atoms with van der Waals surface area (Å²) >= 11 is 0. The SMILES string of the molecule is CC(C)(C)NC(=O)c1ccc(C(=O)Nc2ccc(-n3cncn3)nc2)cc1. The number of nitrogens with one attached hydrogen (secondary N) is 2. The maximum Gasteiger partial charge on any atom is 0.255 e. The number of hydrogen-bond donors (Lipinski definition) is 2. The molecule has 0 radical (unpaired) electrons. The Labute approximate surface area is 156 Å². The third kappa shape index (κ3) is 4.75. The summed E-state index contributed by atoms with van der Waals surface area (Å²) in [5.74, 6) is 0.134. The first-order valence-corrected chi connectivity index (χ1v) is 8.37. The summed E-state index contributed by atoms with van der Waals surface area (Å²) in [6.07, 6.45) is 4.50. The second-order valence-corrected chi connectivity index (χ2v) is 6.98. The fourth-order valence-corrected chi connectivity index (χ4v) is 2.31. The number of carbonyl (C=O) groups is 2. The molecule has 0 spiro atoms. The molecule has 2 amide bonds. The minimum Gasteiger partial charge on any atom is -0.347 e. The van der Waals surface area contributed by atoms with Crippen LogP contribution in [0.25, 0.3) is 5.82 Å². The lowest BCUT2D eigenvalue weighted by Gasteiger charge is -2.20. The van der Waals surface area contributed by atoms with Crippen molar-refractivity contribution in [2.75, 3.05) is 5.32 Å². The molecule has 2 N–H and O–H groups in total. The second kappa shape index (κ2) is 7.36. The van der Waals surface area contributed by atoms with E-state index in [0.717, 1.165) is 0 Å². The highest BCUT2D eigenvalue weighted by Gasteiger charge is 2.15. The van der Waals surface area contributed by atoms with Gasteiger partial charge in [0.25, 0.3) is 11.8 Å². The van der Waals surface area contributed by atoms with Crippen molar-refractivity contribution in [3.05, 3.63) is 66.4 Å². The molecule has 0 aliphatic heterocycles. The molecule has 0 aliphatic carbocycles. The molecule has 8 nitrogen and oxygen atoms in total. The molecule has 0 saturated carbocycles. The van der Waals surface area contributed by atoms with Gasteiger partial charge in [-0.1, -0.05) is 0 Å². The molecule has 2 heterocycles. The van der Waals surface area contributed by atoms with E-state index in [1.54, 1.807) is 42.6 Å². The van der Waals surface area contributed by atoms with Gasteiger partial charge in [0.1, 0.15) is 12.7 Å². The number of rotatable bonds is 4. The van der Waals surface area contributed by atoms with Crippen LogP contribution in [0, 0.1) is 0 Å². The van der Waals surface area contributed by atoms with Gasteiger partial charge in [0, 0.05) is 16.7 Å². The summed E-state index contributed by atoms with van der Waals surface area (Å²) in [6, 6.07) is 9.94. The third-order valence-corrected chi connectivity index (χ3v) is 3.56. The maximum absolute atomic E-state index is 12.4. The minimum atomic E-state index is -0.321. The number of aromatic nitrogens is 4. The second-order valence-electron chi connectivity index (χ2n) is 6.98. The standard InChI is InChI=1S/C19H20N6O2/c1-19(2,3)24-18(27)14-6-4-13(5-7-14)17(26)23-15-8-9-16(21-10-15)25-12-20-11-22-25/h4-12H,1-3H3,(H,23,26)(H,24,27). The van der Waals surface area contributed by atoms with E-state index in [2.05, 4.69) is 25.7 Å². The van der Waals surface area contributed by atoms with Gasteiger partial charge >= 0.3 is 0 Å². The molecule has 0 atom stereocenters. The van der Waals surface area contributed by atoms with Gasteiger partial charge in [0.05, 0.1) is 11.9 Å². The van der Waals surface area contributed by atoms with Crippen molar-refractivity contribution >= 4 is 17.5 Å². The largest absolute Gasteiger partial charge is 0.347 e. The van der Waals surface area contributed by atoms with Crippen molar-refractivity contribution in [2.45, 2.75) is 26.3 Å². The van der Waals surface area contributed by atoms with Crippen LogP contribution in [0.4, 0.5) is 5.69 Å². The Morgan fingerprint density at radius 1 is 0.963 bits per heavy atom. The summed E-state index contributed by atoms with van der Waals surface area (Å²) in [4.78, 5) is 32.6. The van der Waals surface area contributed by atoms with Crippen LogP contribution < -0.4 is 10.6 Å². The van der Waals surface area contributed by atoms with E-state index in [4.69, 9.17) is 0 Å². The molecule has 3 rings (SSSR count). The molecule has 3 aromatic rings. The van der Waals surface area contributed by atoms with Crippen LogP contribution in [0.2, 0.25) is 0 Å². The van der Waals surface area contributed by atoms with Crippen LogP contribution in [0.1, 0.15) is 41.5 Å². The summed E-state index contributed by atoms with van der Waals surface area (Å²) in [7, 11) is 0. The first kappa shape index (κ1) is 18.2. The normalized spacial score (nSPS) is 11.1. The average molecular weight is 364 g/mol. The Bertz CT molecular complexity index is 926. The first-order chi connectivity index (χ1) is 12.8. The lowest BCUT2D eigenvalue weighted by Crippen LogP contribution is -2.40. The number of amides is 2. The molecule has 0 bridgehead atoms. The zero-order chi connectivity index (χ0) is 19.4. The van der Waals surface area contributed by atoms with E-state index in [-0.39, 0.29) is 17.4 Å². The van der Waals surface area contributed by atoms with Gasteiger partial charge < -0.3 is 10.6 Å². The molecule has 0 unspecified atom stereocenters. The number of anilines is 1. The summed E-state index contributed by atoms with van der Waals surface area (Å²) in [5, 5.41) is 9.64. The molecule has 0 saturated heterocycles. The van der Waals surface area contributed by atoms with Crippen molar-refractivity contribution in [3.8, 4) is 5.82 Å². The van der Waals surface area contributed by atoms with Crippen LogP contribution in [0.3, 0.4) is 0 Å². The highest BCUT2D eigenvalue weighted by atomic mass is 16.2. The maximum atomic E-state index is 12.4. The Morgan fingerprint density at radius 3 is 2.15 bits per heavy atom. The molecule has 0 fully saturated rings. The van der Waals surface area contributed by atoms with Crippen LogP contribution in [0.5, 0.6) is 0 Å². The van der Waals surface area contributed by atoms with Crippen molar-refractivity contribution in [1.82, 2.24) is 25.1 Å². The Kier molecular flexibility index (Phi) is 4.98. The van der Waals surface area contributed by atoms with Gasteiger partial charge in [0.15, 0.2) is 5.82 Å². The van der Waals surface area contributed by atoms with E-state index >= 15 is 0 Å². The van der Waals surface area contributed by atoms with Crippen LogP contribution in [-0.4, -0.2) is 37.1 Å². The lowest BCUT2D eigenvalue weighted by atomic mass is 10.1. The quantitative estimate of drug-likeness (QED) is 0.740. The van der Waals surface area contributed by atoms with Gasteiger partial charge in [-0.05, 0) is 57.2 Å². The number of nitrogens with zero attached hydrogens (tertiary/aromatic N) is 4. The fraction of sp³-hybridized carbons (Fsp3) is 0.211. The molecular weight excluding hydrogens is 344 g/mol. The van der Waals surface area contributed by atoms with Gasteiger partial charge in [-0.3, -0.25) is 9.59 Å². The van der Waals surface area contributed by atoms with Crippen LogP contribution >= 0.6 is 0 Å². The molecular formula is C19H20N6O2. The number of carbonyl (C=O) groups excluding carboxylic acids is 2. The van der Waals surface area contributed by atoms with E-state index in [1.807, 2.05) is 20.8 Å². The van der Waals surface area contributed by atoms with Gasteiger partial charge in [-0.15, -0.1) is 0 Å². The third-order valence-electron chi connectivity index (χ3n) is 3.56. The Morgan fingerprint density at radius 2 is 1.63 bits per heavy atom. The highest BCUT2D eigenvalue weighted by molar-refractivity contribution is 6.05. The van der Waals surface area contributed by atoms with Gasteiger partial charge in [0.2, 0.25) is 0 Å². The smallest absolute Gasteiger partial charge is 0.255 e. The van der Waals surface area contributed by atoms with Gasteiger partial charge in [-0.2, -0.15) is 5.10 Å². The van der Waals surface area contributed by atoms with Crippen LogP contribution in [-0.2, 0) is 0 Å².